The number of nitrogens with zero attached hydrogens (tertiary/aromatic N) is 4. The predicted molar refractivity (Wildman–Crippen MR) is 115 cm³/mol. The molecule has 1 aliphatic rings. The maximum Gasteiger partial charge on any atom is 0.253 e. The van der Waals surface area contributed by atoms with Crippen LogP contribution in [0.3, 0.4) is 0 Å². The zero-order chi connectivity index (χ0) is 21.8. The number of carbonyl (C=O) groups excluding carboxylic acids is 3. The molecule has 0 spiro atoms. The fourth-order valence-corrected chi connectivity index (χ4v) is 3.65. The minimum atomic E-state index is -0.141. The first-order valence-electron chi connectivity index (χ1n) is 10.2. The number of amides is 3. The van der Waals surface area contributed by atoms with E-state index < -0.39 is 0 Å². The lowest BCUT2D eigenvalue weighted by atomic mass is 10.1. The average Bonchev–Trinajstić information content (AvgIpc) is 3.35. The molecule has 158 valence electrons. The third kappa shape index (κ3) is 4.88. The van der Waals surface area contributed by atoms with Gasteiger partial charge in [0.25, 0.3) is 5.91 Å². The van der Waals surface area contributed by atoms with Crippen LogP contribution in [0.25, 0.3) is 0 Å². The number of hydrogen-bond acceptors (Lipinski definition) is 4. The summed E-state index contributed by atoms with van der Waals surface area (Å²) in [4.78, 5) is 39.2. The van der Waals surface area contributed by atoms with Gasteiger partial charge in [-0.2, -0.15) is 5.10 Å². The molecule has 1 aromatic heterocycles. The summed E-state index contributed by atoms with van der Waals surface area (Å²) in [6, 6.07) is 17.1. The Balaban J connectivity index is 1.35. The van der Waals surface area contributed by atoms with Gasteiger partial charge in [0.15, 0.2) is 0 Å². The zero-order valence-corrected chi connectivity index (χ0v) is 17.4. The predicted octanol–water partition coefficient (Wildman–Crippen LogP) is 2.85. The molecule has 0 N–H and O–H groups in total. The van der Waals surface area contributed by atoms with Crippen LogP contribution in [0.15, 0.2) is 67.0 Å². The van der Waals surface area contributed by atoms with E-state index in [1.54, 1.807) is 42.4 Å². The number of imide groups is 1. The van der Waals surface area contributed by atoms with E-state index in [1.165, 1.54) is 10.5 Å². The number of aromatic nitrogens is 2. The van der Waals surface area contributed by atoms with E-state index in [4.69, 9.17) is 0 Å². The van der Waals surface area contributed by atoms with Gasteiger partial charge in [-0.1, -0.05) is 42.5 Å². The van der Waals surface area contributed by atoms with Gasteiger partial charge in [-0.3, -0.25) is 24.0 Å². The second-order valence-corrected chi connectivity index (χ2v) is 7.76. The van der Waals surface area contributed by atoms with Gasteiger partial charge in [-0.05, 0) is 23.3 Å². The van der Waals surface area contributed by atoms with Crippen LogP contribution < -0.4 is 0 Å². The average molecular weight is 416 g/mol. The molecule has 1 aliphatic heterocycles. The van der Waals surface area contributed by atoms with Crippen LogP contribution >= 0.6 is 0 Å². The van der Waals surface area contributed by atoms with Crippen molar-refractivity contribution in [2.24, 2.45) is 0 Å². The van der Waals surface area contributed by atoms with Crippen molar-refractivity contribution in [3.63, 3.8) is 0 Å². The third-order valence-corrected chi connectivity index (χ3v) is 5.34. The Labute approximate surface area is 180 Å². The van der Waals surface area contributed by atoms with E-state index in [-0.39, 0.29) is 37.1 Å². The van der Waals surface area contributed by atoms with Crippen LogP contribution in [-0.2, 0) is 29.2 Å². The molecule has 1 fully saturated rings. The molecule has 4 rings (SSSR count). The number of carbonyl (C=O) groups is 3. The highest BCUT2D eigenvalue weighted by atomic mass is 16.2. The monoisotopic (exact) mass is 416 g/mol. The molecule has 2 heterocycles. The Morgan fingerprint density at radius 1 is 0.903 bits per heavy atom. The Hall–Kier alpha value is -3.74. The summed E-state index contributed by atoms with van der Waals surface area (Å²) < 4.78 is 1.86. The molecule has 7 nitrogen and oxygen atoms in total. The molecule has 31 heavy (non-hydrogen) atoms. The summed E-state index contributed by atoms with van der Waals surface area (Å²) in [5.41, 5.74) is 3.50. The summed E-state index contributed by atoms with van der Waals surface area (Å²) >= 11 is 0. The maximum absolute atomic E-state index is 12.8. The van der Waals surface area contributed by atoms with Gasteiger partial charge in [-0.15, -0.1) is 0 Å². The third-order valence-electron chi connectivity index (χ3n) is 5.34. The highest BCUT2D eigenvalue weighted by Crippen LogP contribution is 2.17. The van der Waals surface area contributed by atoms with Gasteiger partial charge in [0.1, 0.15) is 0 Å². The van der Waals surface area contributed by atoms with Crippen LogP contribution in [0, 0.1) is 0 Å². The second kappa shape index (κ2) is 8.95. The molecule has 0 aliphatic carbocycles. The van der Waals surface area contributed by atoms with Crippen molar-refractivity contribution in [3.05, 3.63) is 89.2 Å². The number of likely N-dealkylation sites (tertiary alicyclic amines) is 1. The van der Waals surface area contributed by atoms with Crippen LogP contribution in [0.2, 0.25) is 0 Å². The summed E-state index contributed by atoms with van der Waals surface area (Å²) in [6.45, 7) is 1.39. The molecular weight excluding hydrogens is 392 g/mol. The first-order valence-corrected chi connectivity index (χ1v) is 10.2. The van der Waals surface area contributed by atoms with E-state index in [0.717, 1.165) is 11.1 Å². The fourth-order valence-electron chi connectivity index (χ4n) is 3.65. The first kappa shape index (κ1) is 20.5. The van der Waals surface area contributed by atoms with E-state index in [2.05, 4.69) is 17.2 Å². The van der Waals surface area contributed by atoms with Crippen molar-refractivity contribution in [2.45, 2.75) is 32.5 Å². The van der Waals surface area contributed by atoms with E-state index in [1.807, 2.05) is 29.1 Å². The van der Waals surface area contributed by atoms with E-state index >= 15 is 0 Å². The molecular formula is C24H24N4O3. The summed E-state index contributed by atoms with van der Waals surface area (Å²) in [6.07, 6.45) is 4.29. The lowest BCUT2D eigenvalue weighted by Gasteiger charge is -2.17. The molecule has 0 atom stereocenters. The van der Waals surface area contributed by atoms with E-state index in [9.17, 15) is 14.4 Å². The number of rotatable bonds is 7. The lowest BCUT2D eigenvalue weighted by molar-refractivity contribution is -0.139. The Kier molecular flexibility index (Phi) is 5.93. The van der Waals surface area contributed by atoms with Gasteiger partial charge < -0.3 is 4.90 Å². The van der Waals surface area contributed by atoms with Crippen molar-refractivity contribution in [1.82, 2.24) is 19.6 Å². The number of benzene rings is 2. The fraction of sp³-hybridized carbons (Fsp3) is 0.250. The largest absolute Gasteiger partial charge is 0.337 e. The Morgan fingerprint density at radius 3 is 2.23 bits per heavy atom. The van der Waals surface area contributed by atoms with Crippen molar-refractivity contribution < 1.29 is 14.4 Å². The minimum absolute atomic E-state index is 0.101. The van der Waals surface area contributed by atoms with Gasteiger partial charge >= 0.3 is 0 Å². The minimum Gasteiger partial charge on any atom is -0.337 e. The standard InChI is InChI=1S/C24H24N4O3/c1-26(14-20-13-25-27(16-20)15-18-5-3-2-4-6-18)24(31)21-9-7-19(8-10-21)17-28-22(29)11-12-23(28)30/h2-10,13,16H,11-12,14-15,17H2,1H3. The van der Waals surface area contributed by atoms with E-state index in [0.29, 0.717) is 18.7 Å². The molecule has 1 saturated heterocycles. The normalized spacial score (nSPS) is 13.6. The van der Waals surface area contributed by atoms with Crippen LogP contribution in [-0.4, -0.2) is 44.3 Å². The topological polar surface area (TPSA) is 75.5 Å². The first-order chi connectivity index (χ1) is 15.0. The number of hydrogen-bond donors (Lipinski definition) is 0. The molecule has 0 saturated carbocycles. The van der Waals surface area contributed by atoms with Crippen molar-refractivity contribution in [2.75, 3.05) is 7.05 Å². The van der Waals surface area contributed by atoms with Gasteiger partial charge in [0, 0.05) is 43.8 Å². The van der Waals surface area contributed by atoms with Crippen LogP contribution in [0.4, 0.5) is 0 Å². The zero-order valence-electron chi connectivity index (χ0n) is 17.4. The van der Waals surface area contributed by atoms with Crippen molar-refractivity contribution in [1.29, 1.82) is 0 Å². The van der Waals surface area contributed by atoms with Gasteiger partial charge in [0.2, 0.25) is 11.8 Å². The molecule has 0 unspecified atom stereocenters. The van der Waals surface area contributed by atoms with Crippen LogP contribution in [0.1, 0.15) is 39.9 Å². The molecule has 0 bridgehead atoms. The maximum atomic E-state index is 12.8. The highest BCUT2D eigenvalue weighted by molar-refractivity contribution is 6.01. The lowest BCUT2D eigenvalue weighted by Crippen LogP contribution is -2.28. The highest BCUT2D eigenvalue weighted by Gasteiger charge is 2.28. The molecule has 0 radical (unpaired) electrons. The smallest absolute Gasteiger partial charge is 0.253 e. The summed E-state index contributed by atoms with van der Waals surface area (Å²) in [5.74, 6) is -0.383. The van der Waals surface area contributed by atoms with Crippen molar-refractivity contribution >= 4 is 17.7 Å². The molecule has 7 heteroatoms. The van der Waals surface area contributed by atoms with Gasteiger partial charge in [-0.25, -0.2) is 0 Å². The molecule has 3 amide bonds. The van der Waals surface area contributed by atoms with Crippen molar-refractivity contribution in [3.8, 4) is 0 Å². The molecule has 2 aromatic carbocycles. The second-order valence-electron chi connectivity index (χ2n) is 7.76. The quantitative estimate of drug-likeness (QED) is 0.555. The van der Waals surface area contributed by atoms with Gasteiger partial charge in [0.05, 0.1) is 19.3 Å². The Morgan fingerprint density at radius 2 is 1.55 bits per heavy atom. The summed E-state index contributed by atoms with van der Waals surface area (Å²) in [5, 5.41) is 4.39. The molecule has 3 aromatic rings. The Bertz CT molecular complexity index is 1070. The summed E-state index contributed by atoms with van der Waals surface area (Å²) in [7, 11) is 1.76. The SMILES string of the molecule is CN(Cc1cnn(Cc2ccccc2)c1)C(=O)c1ccc(CN2C(=O)CCC2=O)cc1. The van der Waals surface area contributed by atoms with Crippen LogP contribution in [0.5, 0.6) is 0 Å².